The standard InChI is InChI=1S/C19H20FN3O2S/c1-13-8-14(2)19(15(3)9-13)26(24,25)22-11-16-4-5-18(17(20)10-16)23-7-6-21-12-23/h4-10,12,22H,11H2,1-3H3. The molecule has 0 spiro atoms. The largest absolute Gasteiger partial charge is 0.303 e. The molecule has 0 unspecified atom stereocenters. The van der Waals surface area contributed by atoms with Gasteiger partial charge in [0.05, 0.1) is 16.9 Å². The maximum atomic E-state index is 14.3. The smallest absolute Gasteiger partial charge is 0.241 e. The summed E-state index contributed by atoms with van der Waals surface area (Å²) in [6.45, 7) is 5.48. The van der Waals surface area contributed by atoms with Gasteiger partial charge in [-0.15, -0.1) is 0 Å². The fraction of sp³-hybridized carbons (Fsp3) is 0.211. The number of aryl methyl sites for hydroxylation is 3. The topological polar surface area (TPSA) is 64.0 Å². The van der Waals surface area contributed by atoms with Gasteiger partial charge in [0.1, 0.15) is 5.82 Å². The first-order valence-corrected chi connectivity index (χ1v) is 9.60. The molecule has 0 fully saturated rings. The van der Waals surface area contributed by atoms with Crippen molar-refractivity contribution < 1.29 is 12.8 Å². The van der Waals surface area contributed by atoms with Crippen LogP contribution < -0.4 is 4.72 Å². The first kappa shape index (κ1) is 18.3. The zero-order valence-electron chi connectivity index (χ0n) is 14.8. The molecule has 0 aliphatic carbocycles. The van der Waals surface area contributed by atoms with Gasteiger partial charge < -0.3 is 4.57 Å². The molecule has 0 bridgehead atoms. The number of halogens is 1. The van der Waals surface area contributed by atoms with Crippen LogP contribution in [0.25, 0.3) is 5.69 Å². The second-order valence-corrected chi connectivity index (χ2v) is 8.01. The van der Waals surface area contributed by atoms with Gasteiger partial charge in [0.2, 0.25) is 10.0 Å². The number of benzene rings is 2. The molecule has 5 nitrogen and oxygen atoms in total. The molecule has 1 N–H and O–H groups in total. The predicted octanol–water partition coefficient (Wildman–Crippen LogP) is 3.42. The number of nitrogens with zero attached hydrogens (tertiary/aromatic N) is 2. The SMILES string of the molecule is Cc1cc(C)c(S(=O)(=O)NCc2ccc(-n3ccnc3)c(F)c2)c(C)c1. The predicted molar refractivity (Wildman–Crippen MR) is 98.2 cm³/mol. The van der Waals surface area contributed by atoms with E-state index in [2.05, 4.69) is 9.71 Å². The van der Waals surface area contributed by atoms with Gasteiger partial charge in [-0.2, -0.15) is 0 Å². The average molecular weight is 373 g/mol. The van der Waals surface area contributed by atoms with E-state index < -0.39 is 15.8 Å². The third-order valence-corrected chi connectivity index (χ3v) is 5.84. The number of nitrogens with one attached hydrogen (secondary N) is 1. The van der Waals surface area contributed by atoms with Crippen LogP contribution in [0.3, 0.4) is 0 Å². The molecule has 1 aromatic heterocycles. The fourth-order valence-electron chi connectivity index (χ4n) is 3.11. The summed E-state index contributed by atoms with van der Waals surface area (Å²) in [6.07, 6.45) is 4.71. The number of aromatic nitrogens is 2. The number of hydrogen-bond donors (Lipinski definition) is 1. The molecule has 3 aromatic rings. The first-order chi connectivity index (χ1) is 12.3. The Hall–Kier alpha value is -2.51. The number of rotatable bonds is 5. The Morgan fingerprint density at radius 3 is 2.38 bits per heavy atom. The minimum Gasteiger partial charge on any atom is -0.303 e. The molecule has 3 rings (SSSR count). The molecular weight excluding hydrogens is 353 g/mol. The summed E-state index contributed by atoms with van der Waals surface area (Å²) >= 11 is 0. The van der Waals surface area contributed by atoms with Crippen molar-refractivity contribution in [1.82, 2.24) is 14.3 Å². The Labute approximate surface area is 152 Å². The minimum absolute atomic E-state index is 0.0101. The van der Waals surface area contributed by atoms with Gasteiger partial charge in [0.15, 0.2) is 0 Å². The molecule has 0 aliphatic rings. The highest BCUT2D eigenvalue weighted by atomic mass is 32.2. The molecule has 0 atom stereocenters. The lowest BCUT2D eigenvalue weighted by atomic mass is 10.1. The number of imidazole rings is 1. The molecule has 0 saturated carbocycles. The highest BCUT2D eigenvalue weighted by Crippen LogP contribution is 2.22. The lowest BCUT2D eigenvalue weighted by Crippen LogP contribution is -2.25. The van der Waals surface area contributed by atoms with Crippen LogP contribution in [0, 0.1) is 26.6 Å². The summed E-state index contributed by atoms with van der Waals surface area (Å²) in [5, 5.41) is 0. The van der Waals surface area contributed by atoms with Crippen molar-refractivity contribution in [1.29, 1.82) is 0 Å². The Morgan fingerprint density at radius 2 is 1.81 bits per heavy atom. The van der Waals surface area contributed by atoms with E-state index in [1.54, 1.807) is 42.9 Å². The summed E-state index contributed by atoms with van der Waals surface area (Å²) in [5.41, 5.74) is 3.29. The van der Waals surface area contributed by atoms with Crippen molar-refractivity contribution in [2.24, 2.45) is 0 Å². The van der Waals surface area contributed by atoms with Crippen LogP contribution >= 0.6 is 0 Å². The second kappa shape index (κ2) is 7.01. The van der Waals surface area contributed by atoms with Gasteiger partial charge in [-0.1, -0.05) is 23.8 Å². The molecule has 2 aromatic carbocycles. The Bertz CT molecular complexity index is 1020. The van der Waals surface area contributed by atoms with Gasteiger partial charge in [0.25, 0.3) is 0 Å². The normalized spacial score (nSPS) is 11.7. The Morgan fingerprint density at radius 1 is 1.12 bits per heavy atom. The number of hydrogen-bond acceptors (Lipinski definition) is 3. The van der Waals surface area contributed by atoms with Crippen molar-refractivity contribution in [3.8, 4) is 5.69 Å². The molecule has 0 aliphatic heterocycles. The van der Waals surface area contributed by atoms with Crippen molar-refractivity contribution in [3.63, 3.8) is 0 Å². The monoisotopic (exact) mass is 373 g/mol. The van der Waals surface area contributed by atoms with Crippen LogP contribution in [0.15, 0.2) is 53.9 Å². The van der Waals surface area contributed by atoms with Gasteiger partial charge in [-0.3, -0.25) is 0 Å². The molecule has 136 valence electrons. The van der Waals surface area contributed by atoms with Gasteiger partial charge >= 0.3 is 0 Å². The van der Waals surface area contributed by atoms with Gasteiger partial charge in [0, 0.05) is 18.9 Å². The van der Waals surface area contributed by atoms with E-state index >= 15 is 0 Å². The summed E-state index contributed by atoms with van der Waals surface area (Å²) in [6, 6.07) is 8.29. The van der Waals surface area contributed by atoms with E-state index in [1.165, 1.54) is 12.4 Å². The van der Waals surface area contributed by atoms with E-state index in [9.17, 15) is 12.8 Å². The van der Waals surface area contributed by atoms with Gasteiger partial charge in [-0.05, 0) is 49.6 Å². The Balaban J connectivity index is 1.82. The van der Waals surface area contributed by atoms with E-state index in [4.69, 9.17) is 0 Å². The molecule has 7 heteroatoms. The lowest BCUT2D eigenvalue weighted by molar-refractivity contribution is 0.578. The van der Waals surface area contributed by atoms with Crippen LogP contribution in [0.5, 0.6) is 0 Å². The van der Waals surface area contributed by atoms with Crippen LogP contribution in [0.2, 0.25) is 0 Å². The highest BCUT2D eigenvalue weighted by molar-refractivity contribution is 7.89. The second-order valence-electron chi connectivity index (χ2n) is 6.31. The molecular formula is C19H20FN3O2S. The van der Waals surface area contributed by atoms with E-state index in [1.807, 2.05) is 19.1 Å². The van der Waals surface area contributed by atoms with Crippen LogP contribution in [-0.4, -0.2) is 18.0 Å². The van der Waals surface area contributed by atoms with Crippen molar-refractivity contribution in [2.45, 2.75) is 32.2 Å². The van der Waals surface area contributed by atoms with E-state index in [0.717, 1.165) is 5.56 Å². The molecule has 1 heterocycles. The summed E-state index contributed by atoms with van der Waals surface area (Å²) in [5.74, 6) is -0.442. The van der Waals surface area contributed by atoms with Crippen molar-refractivity contribution in [3.05, 3.63) is 77.1 Å². The zero-order chi connectivity index (χ0) is 18.9. The zero-order valence-corrected chi connectivity index (χ0v) is 15.6. The van der Waals surface area contributed by atoms with Gasteiger partial charge in [-0.25, -0.2) is 22.5 Å². The Kier molecular flexibility index (Phi) is 4.93. The van der Waals surface area contributed by atoms with E-state index in [-0.39, 0.29) is 11.4 Å². The third kappa shape index (κ3) is 3.68. The maximum Gasteiger partial charge on any atom is 0.241 e. The van der Waals surface area contributed by atoms with E-state index in [0.29, 0.717) is 22.4 Å². The fourth-order valence-corrected chi connectivity index (χ4v) is 4.58. The number of sulfonamides is 1. The quantitative estimate of drug-likeness (QED) is 0.745. The van der Waals surface area contributed by atoms with Crippen molar-refractivity contribution in [2.75, 3.05) is 0 Å². The third-order valence-electron chi connectivity index (χ3n) is 4.13. The molecule has 26 heavy (non-hydrogen) atoms. The maximum absolute atomic E-state index is 14.3. The van der Waals surface area contributed by atoms with Crippen molar-refractivity contribution >= 4 is 10.0 Å². The molecule has 0 saturated heterocycles. The first-order valence-electron chi connectivity index (χ1n) is 8.12. The lowest BCUT2D eigenvalue weighted by Gasteiger charge is -2.13. The van der Waals surface area contributed by atoms with Crippen LogP contribution in [0.4, 0.5) is 4.39 Å². The highest BCUT2D eigenvalue weighted by Gasteiger charge is 2.19. The van der Waals surface area contributed by atoms with Crippen LogP contribution in [0.1, 0.15) is 22.3 Å². The molecule has 0 radical (unpaired) electrons. The molecule has 0 amide bonds. The summed E-state index contributed by atoms with van der Waals surface area (Å²) < 4.78 is 43.8. The summed E-state index contributed by atoms with van der Waals surface area (Å²) in [4.78, 5) is 4.17. The minimum atomic E-state index is -3.69. The van der Waals surface area contributed by atoms with Crippen LogP contribution in [-0.2, 0) is 16.6 Å². The average Bonchev–Trinajstić information content (AvgIpc) is 3.06. The summed E-state index contributed by atoms with van der Waals surface area (Å²) in [7, 11) is -3.69.